The van der Waals surface area contributed by atoms with Crippen LogP contribution in [0.3, 0.4) is 0 Å². The number of unbranched alkanes of at least 4 members (excludes halogenated alkanes) is 3. The minimum Gasteiger partial charge on any atom is -0.376 e. The summed E-state index contributed by atoms with van der Waals surface area (Å²) in [5, 5.41) is 0. The van der Waals surface area contributed by atoms with Crippen molar-refractivity contribution in [3.8, 4) is 0 Å². The van der Waals surface area contributed by atoms with Crippen LogP contribution in [0.15, 0.2) is 0 Å². The quantitative estimate of drug-likeness (QED) is 0.612. The second-order valence-electron chi connectivity index (χ2n) is 4.85. The van der Waals surface area contributed by atoms with Crippen molar-refractivity contribution in [2.45, 2.75) is 71.4 Å². The molecule has 2 N–H and O–H groups in total. The number of hydrogen-bond acceptors (Lipinski definition) is 2. The van der Waals surface area contributed by atoms with Crippen LogP contribution < -0.4 is 5.73 Å². The van der Waals surface area contributed by atoms with Crippen molar-refractivity contribution < 1.29 is 4.74 Å². The topological polar surface area (TPSA) is 35.2 Å². The van der Waals surface area contributed by atoms with Gasteiger partial charge in [-0.2, -0.15) is 0 Å². The van der Waals surface area contributed by atoms with E-state index >= 15 is 0 Å². The van der Waals surface area contributed by atoms with E-state index in [0.29, 0.717) is 0 Å². The third kappa shape index (κ3) is 8.52. The molecule has 0 aliphatic heterocycles. The number of ether oxygens (including phenoxy) is 1. The molecule has 0 fully saturated rings. The zero-order valence-electron chi connectivity index (χ0n) is 10.3. The smallest absolute Gasteiger partial charge is 0.0641 e. The summed E-state index contributed by atoms with van der Waals surface area (Å²) in [5.74, 6) is 0. The molecule has 0 spiro atoms. The maximum absolute atomic E-state index is 5.81. The van der Waals surface area contributed by atoms with Crippen LogP contribution in [0.2, 0.25) is 0 Å². The molecule has 0 rings (SSSR count). The molecule has 2 nitrogen and oxygen atoms in total. The summed E-state index contributed by atoms with van der Waals surface area (Å²) in [6, 6.07) is 0.223. The van der Waals surface area contributed by atoms with Crippen molar-refractivity contribution >= 4 is 0 Å². The lowest BCUT2D eigenvalue weighted by Crippen LogP contribution is -2.33. The van der Waals surface area contributed by atoms with Crippen molar-refractivity contribution in [3.05, 3.63) is 0 Å². The first-order valence-electron chi connectivity index (χ1n) is 5.87. The van der Waals surface area contributed by atoms with E-state index in [9.17, 15) is 0 Å². The second-order valence-corrected chi connectivity index (χ2v) is 4.85. The van der Waals surface area contributed by atoms with E-state index in [0.717, 1.165) is 13.0 Å². The van der Waals surface area contributed by atoms with Crippen LogP contribution in [-0.4, -0.2) is 18.2 Å². The molecular weight excluding hydrogens is 174 g/mol. The van der Waals surface area contributed by atoms with Gasteiger partial charge in [-0.3, -0.25) is 0 Å². The van der Waals surface area contributed by atoms with Crippen molar-refractivity contribution in [2.75, 3.05) is 6.61 Å². The largest absolute Gasteiger partial charge is 0.376 e. The van der Waals surface area contributed by atoms with Crippen LogP contribution >= 0.6 is 0 Å². The molecule has 0 amide bonds. The van der Waals surface area contributed by atoms with Crippen molar-refractivity contribution in [2.24, 2.45) is 5.73 Å². The van der Waals surface area contributed by atoms with E-state index < -0.39 is 0 Å². The van der Waals surface area contributed by atoms with Gasteiger partial charge < -0.3 is 10.5 Å². The molecule has 0 bridgehead atoms. The third-order valence-electron chi connectivity index (χ3n) is 2.30. The zero-order chi connectivity index (χ0) is 11.0. The van der Waals surface area contributed by atoms with Crippen molar-refractivity contribution in [1.82, 2.24) is 0 Å². The Morgan fingerprint density at radius 3 is 2.36 bits per heavy atom. The van der Waals surface area contributed by atoms with Crippen LogP contribution in [-0.2, 0) is 4.74 Å². The predicted molar refractivity (Wildman–Crippen MR) is 62.4 cm³/mol. The molecule has 1 unspecified atom stereocenters. The summed E-state index contributed by atoms with van der Waals surface area (Å²) in [6.45, 7) is 9.37. The van der Waals surface area contributed by atoms with Gasteiger partial charge in [0.15, 0.2) is 0 Å². The van der Waals surface area contributed by atoms with Gasteiger partial charge in [0.2, 0.25) is 0 Å². The summed E-state index contributed by atoms with van der Waals surface area (Å²) in [6.07, 6.45) is 5.99. The molecule has 0 aliphatic carbocycles. The fourth-order valence-electron chi connectivity index (χ4n) is 1.71. The SMILES string of the molecule is CCCCCCOC(C)(C)CC(C)N. The molecule has 86 valence electrons. The first kappa shape index (κ1) is 13.9. The lowest BCUT2D eigenvalue weighted by atomic mass is 10.0. The molecule has 0 aromatic carbocycles. The average molecular weight is 201 g/mol. The number of hydrogen-bond donors (Lipinski definition) is 1. The summed E-state index contributed by atoms with van der Waals surface area (Å²) >= 11 is 0. The molecule has 0 aromatic heterocycles. The maximum Gasteiger partial charge on any atom is 0.0641 e. The van der Waals surface area contributed by atoms with E-state index in [1.165, 1.54) is 25.7 Å². The summed E-state index contributed by atoms with van der Waals surface area (Å²) in [5.41, 5.74) is 5.70. The fraction of sp³-hybridized carbons (Fsp3) is 1.00. The Bertz CT molecular complexity index is 132. The Kier molecular flexibility index (Phi) is 7.20. The Hall–Kier alpha value is -0.0800. The minimum absolute atomic E-state index is 0.0552. The van der Waals surface area contributed by atoms with Crippen LogP contribution in [0.4, 0.5) is 0 Å². The van der Waals surface area contributed by atoms with Crippen molar-refractivity contribution in [3.63, 3.8) is 0 Å². The van der Waals surface area contributed by atoms with Gasteiger partial charge in [-0.1, -0.05) is 26.2 Å². The molecule has 2 heteroatoms. The van der Waals surface area contributed by atoms with E-state index in [1.54, 1.807) is 0 Å². The average Bonchev–Trinajstić information content (AvgIpc) is 2.01. The molecule has 0 saturated carbocycles. The van der Waals surface area contributed by atoms with Gasteiger partial charge in [0.1, 0.15) is 0 Å². The Morgan fingerprint density at radius 1 is 1.21 bits per heavy atom. The molecule has 0 heterocycles. The van der Waals surface area contributed by atoms with Crippen molar-refractivity contribution in [1.29, 1.82) is 0 Å². The normalized spacial score (nSPS) is 14.4. The second kappa shape index (κ2) is 7.24. The Labute approximate surface area is 89.2 Å². The molecular formula is C12H27NO. The maximum atomic E-state index is 5.81. The minimum atomic E-state index is -0.0552. The number of nitrogens with two attached hydrogens (primary N) is 1. The summed E-state index contributed by atoms with van der Waals surface area (Å²) in [4.78, 5) is 0. The molecule has 0 aliphatic rings. The molecule has 0 saturated heterocycles. The standard InChI is InChI=1S/C12H27NO/c1-5-6-7-8-9-14-12(3,4)10-11(2)13/h11H,5-10,13H2,1-4H3. The van der Waals surface area contributed by atoms with Crippen LogP contribution in [0.5, 0.6) is 0 Å². The highest BCUT2D eigenvalue weighted by atomic mass is 16.5. The molecule has 1 atom stereocenters. The molecule has 0 aromatic rings. The zero-order valence-corrected chi connectivity index (χ0v) is 10.3. The summed E-state index contributed by atoms with van der Waals surface area (Å²) < 4.78 is 5.81. The van der Waals surface area contributed by atoms with Crippen LogP contribution in [0, 0.1) is 0 Å². The van der Waals surface area contributed by atoms with Gasteiger partial charge in [-0.05, 0) is 33.6 Å². The molecule has 14 heavy (non-hydrogen) atoms. The highest BCUT2D eigenvalue weighted by Gasteiger charge is 2.19. The lowest BCUT2D eigenvalue weighted by molar-refractivity contribution is -0.0281. The Balaban J connectivity index is 3.45. The first-order valence-corrected chi connectivity index (χ1v) is 5.87. The van der Waals surface area contributed by atoms with E-state index in [1.807, 2.05) is 6.92 Å². The highest BCUT2D eigenvalue weighted by Crippen LogP contribution is 2.16. The van der Waals surface area contributed by atoms with E-state index in [4.69, 9.17) is 10.5 Å². The predicted octanol–water partition coefficient (Wildman–Crippen LogP) is 3.10. The van der Waals surface area contributed by atoms with Gasteiger partial charge in [0, 0.05) is 12.6 Å². The van der Waals surface area contributed by atoms with E-state index in [2.05, 4.69) is 20.8 Å². The monoisotopic (exact) mass is 201 g/mol. The van der Waals surface area contributed by atoms with Crippen LogP contribution in [0.1, 0.15) is 59.8 Å². The van der Waals surface area contributed by atoms with Gasteiger partial charge in [-0.15, -0.1) is 0 Å². The van der Waals surface area contributed by atoms with Gasteiger partial charge in [-0.25, -0.2) is 0 Å². The van der Waals surface area contributed by atoms with Gasteiger partial charge in [0.25, 0.3) is 0 Å². The lowest BCUT2D eigenvalue weighted by Gasteiger charge is -2.27. The van der Waals surface area contributed by atoms with Crippen LogP contribution in [0.25, 0.3) is 0 Å². The van der Waals surface area contributed by atoms with Gasteiger partial charge >= 0.3 is 0 Å². The first-order chi connectivity index (χ1) is 6.48. The van der Waals surface area contributed by atoms with Gasteiger partial charge in [0.05, 0.1) is 5.60 Å². The Morgan fingerprint density at radius 2 is 1.86 bits per heavy atom. The fourth-order valence-corrected chi connectivity index (χ4v) is 1.71. The summed E-state index contributed by atoms with van der Waals surface area (Å²) in [7, 11) is 0. The molecule has 0 radical (unpaired) electrons. The third-order valence-corrected chi connectivity index (χ3v) is 2.30. The highest BCUT2D eigenvalue weighted by molar-refractivity contribution is 4.73. The van der Waals surface area contributed by atoms with E-state index in [-0.39, 0.29) is 11.6 Å². The number of rotatable bonds is 8.